The van der Waals surface area contributed by atoms with Gasteiger partial charge in [-0.25, -0.2) is 0 Å². The van der Waals surface area contributed by atoms with Crippen LogP contribution in [0.25, 0.3) is 5.57 Å². The van der Waals surface area contributed by atoms with Crippen LogP contribution in [0.1, 0.15) is 18.4 Å². The molecule has 0 saturated carbocycles. The summed E-state index contributed by atoms with van der Waals surface area (Å²) >= 11 is 0. The predicted molar refractivity (Wildman–Crippen MR) is 106 cm³/mol. The molecule has 1 aliphatic heterocycles. The fraction of sp³-hybridized carbons (Fsp3) is 0.273. The SMILES string of the molecule is N#CCCN(C(=O)CN1CC=C(c2ccc(O)cc2)CC1)c1ccccc1. The van der Waals surface area contributed by atoms with Crippen molar-refractivity contribution >= 4 is 17.2 Å². The smallest absolute Gasteiger partial charge is 0.241 e. The first kappa shape index (κ1) is 18.7. The minimum absolute atomic E-state index is 0.0120. The van der Waals surface area contributed by atoms with Gasteiger partial charge in [0.1, 0.15) is 5.75 Å². The van der Waals surface area contributed by atoms with Crippen molar-refractivity contribution in [3.05, 3.63) is 66.2 Å². The van der Waals surface area contributed by atoms with Gasteiger partial charge in [-0.05, 0) is 41.8 Å². The van der Waals surface area contributed by atoms with E-state index in [4.69, 9.17) is 5.26 Å². The monoisotopic (exact) mass is 361 g/mol. The molecular formula is C22H23N3O2. The van der Waals surface area contributed by atoms with Crippen LogP contribution < -0.4 is 4.90 Å². The Balaban J connectivity index is 1.63. The number of carbonyl (C=O) groups excluding carboxylic acids is 1. The highest BCUT2D eigenvalue weighted by Gasteiger charge is 2.20. The lowest BCUT2D eigenvalue weighted by molar-refractivity contribution is -0.119. The van der Waals surface area contributed by atoms with E-state index < -0.39 is 0 Å². The largest absolute Gasteiger partial charge is 0.508 e. The Morgan fingerprint density at radius 3 is 2.52 bits per heavy atom. The second kappa shape index (κ2) is 9.02. The average molecular weight is 361 g/mol. The van der Waals surface area contributed by atoms with Gasteiger partial charge < -0.3 is 10.0 Å². The van der Waals surface area contributed by atoms with Crippen molar-refractivity contribution in [2.75, 3.05) is 31.1 Å². The molecule has 0 saturated heterocycles. The molecule has 1 heterocycles. The molecule has 0 aliphatic carbocycles. The van der Waals surface area contributed by atoms with Crippen molar-refractivity contribution in [1.29, 1.82) is 5.26 Å². The van der Waals surface area contributed by atoms with Gasteiger partial charge in [-0.1, -0.05) is 36.4 Å². The summed E-state index contributed by atoms with van der Waals surface area (Å²) in [4.78, 5) is 16.6. The Kier molecular flexibility index (Phi) is 6.24. The van der Waals surface area contributed by atoms with Crippen LogP contribution >= 0.6 is 0 Å². The molecule has 138 valence electrons. The van der Waals surface area contributed by atoms with Gasteiger partial charge in [0.2, 0.25) is 5.91 Å². The molecular weight excluding hydrogens is 338 g/mol. The van der Waals surface area contributed by atoms with Gasteiger partial charge in [-0.3, -0.25) is 9.69 Å². The molecule has 0 aromatic heterocycles. The maximum absolute atomic E-state index is 12.8. The quantitative estimate of drug-likeness (QED) is 0.856. The average Bonchev–Trinajstić information content (AvgIpc) is 2.70. The third-order valence-corrected chi connectivity index (χ3v) is 4.71. The van der Waals surface area contributed by atoms with Crippen LogP contribution in [0.4, 0.5) is 5.69 Å². The lowest BCUT2D eigenvalue weighted by atomic mass is 9.99. The van der Waals surface area contributed by atoms with Crippen molar-refractivity contribution in [2.24, 2.45) is 0 Å². The Labute approximate surface area is 159 Å². The minimum Gasteiger partial charge on any atom is -0.508 e. The van der Waals surface area contributed by atoms with E-state index in [1.54, 1.807) is 17.0 Å². The lowest BCUT2D eigenvalue weighted by Gasteiger charge is -2.29. The Hall–Kier alpha value is -3.10. The number of amides is 1. The summed E-state index contributed by atoms with van der Waals surface area (Å²) in [6, 6.07) is 18.8. The summed E-state index contributed by atoms with van der Waals surface area (Å²) in [6.07, 6.45) is 3.32. The normalized spacial score (nSPS) is 14.3. The Morgan fingerprint density at radius 2 is 1.89 bits per heavy atom. The molecule has 0 bridgehead atoms. The molecule has 1 N–H and O–H groups in total. The van der Waals surface area contributed by atoms with Gasteiger partial charge in [0.15, 0.2) is 0 Å². The maximum atomic E-state index is 12.8. The second-order valence-corrected chi connectivity index (χ2v) is 6.55. The number of nitriles is 1. The number of benzene rings is 2. The van der Waals surface area contributed by atoms with Crippen molar-refractivity contribution in [3.8, 4) is 11.8 Å². The van der Waals surface area contributed by atoms with E-state index in [9.17, 15) is 9.90 Å². The first-order chi connectivity index (χ1) is 13.2. The fourth-order valence-electron chi connectivity index (χ4n) is 3.24. The number of rotatable bonds is 6. The topological polar surface area (TPSA) is 67.6 Å². The third kappa shape index (κ3) is 4.96. The maximum Gasteiger partial charge on any atom is 0.241 e. The van der Waals surface area contributed by atoms with Crippen LogP contribution in [0, 0.1) is 11.3 Å². The van der Waals surface area contributed by atoms with Crippen LogP contribution in [0.15, 0.2) is 60.7 Å². The molecule has 0 fully saturated rings. The number of nitrogens with zero attached hydrogens (tertiary/aromatic N) is 3. The number of anilines is 1. The molecule has 0 spiro atoms. The highest BCUT2D eigenvalue weighted by Crippen LogP contribution is 2.24. The van der Waals surface area contributed by atoms with Crippen LogP contribution in [-0.4, -0.2) is 42.1 Å². The first-order valence-corrected chi connectivity index (χ1v) is 9.10. The lowest BCUT2D eigenvalue weighted by Crippen LogP contribution is -2.42. The summed E-state index contributed by atoms with van der Waals surface area (Å²) in [5.74, 6) is 0.277. The number of aromatic hydroxyl groups is 1. The number of phenolic OH excluding ortho intramolecular Hbond substituents is 1. The molecule has 0 atom stereocenters. The summed E-state index contributed by atoms with van der Waals surface area (Å²) < 4.78 is 0. The summed E-state index contributed by atoms with van der Waals surface area (Å²) in [6.45, 7) is 2.25. The van der Waals surface area contributed by atoms with E-state index in [-0.39, 0.29) is 11.7 Å². The van der Waals surface area contributed by atoms with Crippen molar-refractivity contribution in [2.45, 2.75) is 12.8 Å². The predicted octanol–water partition coefficient (Wildman–Crippen LogP) is 3.43. The molecule has 0 radical (unpaired) electrons. The highest BCUT2D eigenvalue weighted by atomic mass is 16.3. The first-order valence-electron chi connectivity index (χ1n) is 9.10. The van der Waals surface area contributed by atoms with E-state index in [0.29, 0.717) is 26.1 Å². The standard InChI is InChI=1S/C22H23N3O2/c23-13-4-14-25(20-5-2-1-3-6-20)22(27)17-24-15-11-19(12-16-24)18-7-9-21(26)10-8-18/h1-3,5-11,26H,4,12,14-17H2. The van der Waals surface area contributed by atoms with E-state index in [2.05, 4.69) is 17.0 Å². The summed E-state index contributed by atoms with van der Waals surface area (Å²) in [5, 5.41) is 18.3. The number of para-hydroxylation sites is 1. The second-order valence-electron chi connectivity index (χ2n) is 6.55. The van der Waals surface area contributed by atoms with Crippen molar-refractivity contribution in [3.63, 3.8) is 0 Å². The van der Waals surface area contributed by atoms with Gasteiger partial charge in [0.05, 0.1) is 19.0 Å². The van der Waals surface area contributed by atoms with Gasteiger partial charge in [-0.2, -0.15) is 5.26 Å². The molecule has 1 amide bonds. The molecule has 27 heavy (non-hydrogen) atoms. The molecule has 2 aromatic rings. The van der Waals surface area contributed by atoms with Crippen LogP contribution in [0.2, 0.25) is 0 Å². The molecule has 1 aliphatic rings. The number of carbonyl (C=O) groups is 1. The van der Waals surface area contributed by atoms with E-state index in [0.717, 1.165) is 24.2 Å². The zero-order chi connectivity index (χ0) is 19.1. The van der Waals surface area contributed by atoms with Crippen molar-refractivity contribution < 1.29 is 9.90 Å². The minimum atomic E-state index is 0.0120. The van der Waals surface area contributed by atoms with Gasteiger partial charge in [-0.15, -0.1) is 0 Å². The highest BCUT2D eigenvalue weighted by molar-refractivity contribution is 5.94. The number of hydrogen-bond donors (Lipinski definition) is 1. The van der Waals surface area contributed by atoms with E-state index in [1.807, 2.05) is 42.5 Å². The molecule has 3 rings (SSSR count). The molecule has 5 heteroatoms. The fourth-order valence-corrected chi connectivity index (χ4v) is 3.24. The molecule has 0 unspecified atom stereocenters. The van der Waals surface area contributed by atoms with Gasteiger partial charge >= 0.3 is 0 Å². The Morgan fingerprint density at radius 1 is 1.15 bits per heavy atom. The molecule has 5 nitrogen and oxygen atoms in total. The van der Waals surface area contributed by atoms with Gasteiger partial charge in [0.25, 0.3) is 0 Å². The van der Waals surface area contributed by atoms with Crippen LogP contribution in [-0.2, 0) is 4.79 Å². The van der Waals surface area contributed by atoms with Gasteiger partial charge in [0, 0.05) is 25.3 Å². The van der Waals surface area contributed by atoms with E-state index >= 15 is 0 Å². The van der Waals surface area contributed by atoms with E-state index in [1.165, 1.54) is 5.57 Å². The summed E-state index contributed by atoms with van der Waals surface area (Å²) in [7, 11) is 0. The number of hydrogen-bond acceptors (Lipinski definition) is 4. The van der Waals surface area contributed by atoms with Crippen molar-refractivity contribution in [1.82, 2.24) is 4.90 Å². The van der Waals surface area contributed by atoms with Crippen LogP contribution in [0.3, 0.4) is 0 Å². The number of phenols is 1. The zero-order valence-electron chi connectivity index (χ0n) is 15.2. The summed E-state index contributed by atoms with van der Waals surface area (Å²) in [5.41, 5.74) is 3.18. The molecule has 2 aromatic carbocycles. The Bertz CT molecular complexity index is 838. The third-order valence-electron chi connectivity index (χ3n) is 4.71. The zero-order valence-corrected chi connectivity index (χ0v) is 15.2. The van der Waals surface area contributed by atoms with Crippen LogP contribution in [0.5, 0.6) is 5.75 Å².